The Bertz CT molecular complexity index is 475. The fourth-order valence-corrected chi connectivity index (χ4v) is 2.70. The van der Waals surface area contributed by atoms with E-state index in [0.29, 0.717) is 5.92 Å². The van der Waals surface area contributed by atoms with Crippen LogP contribution in [-0.4, -0.2) is 18.6 Å². The van der Waals surface area contributed by atoms with Gasteiger partial charge in [-0.25, -0.2) is 4.98 Å². The molecular weight excluding hydrogens is 232 g/mol. The number of rotatable bonds is 5. The fourth-order valence-electron chi connectivity index (χ4n) is 1.84. The van der Waals surface area contributed by atoms with Gasteiger partial charge in [0.2, 0.25) is 0 Å². The van der Waals surface area contributed by atoms with E-state index in [1.54, 1.807) is 11.3 Å². The quantitative estimate of drug-likeness (QED) is 0.883. The Morgan fingerprint density at radius 2 is 2.29 bits per heavy atom. The molecule has 0 radical (unpaired) electrons. The molecule has 0 bridgehead atoms. The summed E-state index contributed by atoms with van der Waals surface area (Å²) in [6, 6.07) is 3.96. The van der Waals surface area contributed by atoms with Crippen LogP contribution in [0.3, 0.4) is 0 Å². The second kappa shape index (κ2) is 5.47. The normalized spacial score (nSPS) is 12.9. The summed E-state index contributed by atoms with van der Waals surface area (Å²) in [5.74, 6) is 2.29. The Labute approximate surface area is 106 Å². The Hall–Kier alpha value is -1.13. The number of likely N-dealkylation sites (N-methyl/N-ethyl adjacent to an activating group) is 1. The van der Waals surface area contributed by atoms with Crippen LogP contribution in [0.1, 0.15) is 30.7 Å². The first-order valence-corrected chi connectivity index (χ1v) is 6.79. The topological polar surface area (TPSA) is 38.1 Å². The average Bonchev–Trinajstić information content (AvgIpc) is 2.94. The third-order valence-electron chi connectivity index (χ3n) is 2.83. The maximum atomic E-state index is 5.59. The fraction of sp³-hybridized carbons (Fsp3) is 0.462. The molecule has 0 saturated heterocycles. The van der Waals surface area contributed by atoms with Crippen LogP contribution in [0.4, 0.5) is 0 Å². The van der Waals surface area contributed by atoms with Crippen LogP contribution in [0, 0.1) is 6.92 Å². The van der Waals surface area contributed by atoms with E-state index in [0.717, 1.165) is 35.2 Å². The molecule has 0 aliphatic carbocycles. The third-order valence-corrected chi connectivity index (χ3v) is 3.71. The van der Waals surface area contributed by atoms with Crippen LogP contribution in [0.25, 0.3) is 10.8 Å². The highest BCUT2D eigenvalue weighted by atomic mass is 32.1. The largest absolute Gasteiger partial charge is 0.459 e. The monoisotopic (exact) mass is 250 g/mol. The van der Waals surface area contributed by atoms with Crippen molar-refractivity contribution in [2.75, 3.05) is 13.6 Å². The van der Waals surface area contributed by atoms with Crippen LogP contribution in [0.5, 0.6) is 0 Å². The molecule has 0 aliphatic heterocycles. The maximum absolute atomic E-state index is 5.59. The first-order chi connectivity index (χ1) is 8.24. The van der Waals surface area contributed by atoms with E-state index in [1.165, 1.54) is 0 Å². The molecule has 0 spiro atoms. The summed E-state index contributed by atoms with van der Waals surface area (Å²) in [7, 11) is 1.98. The van der Waals surface area contributed by atoms with Gasteiger partial charge in [-0.3, -0.25) is 0 Å². The van der Waals surface area contributed by atoms with E-state index in [2.05, 4.69) is 22.6 Å². The lowest BCUT2D eigenvalue weighted by Gasteiger charge is -2.10. The first kappa shape index (κ1) is 12.3. The number of nitrogens with one attached hydrogen (secondary N) is 1. The number of nitrogens with zero attached hydrogens (tertiary/aromatic N) is 1. The number of aryl methyl sites for hydroxylation is 1. The van der Waals surface area contributed by atoms with Gasteiger partial charge >= 0.3 is 0 Å². The summed E-state index contributed by atoms with van der Waals surface area (Å²) in [5, 5.41) is 6.32. The number of aromatic nitrogens is 1. The molecule has 2 heterocycles. The minimum absolute atomic E-state index is 0.487. The molecule has 1 atom stereocenters. The maximum Gasteiger partial charge on any atom is 0.162 e. The van der Waals surface area contributed by atoms with E-state index in [9.17, 15) is 0 Å². The summed E-state index contributed by atoms with van der Waals surface area (Å²) in [6.07, 6.45) is 1.10. The van der Waals surface area contributed by atoms with Gasteiger partial charge in [0.15, 0.2) is 10.8 Å². The summed E-state index contributed by atoms with van der Waals surface area (Å²) >= 11 is 1.65. The van der Waals surface area contributed by atoms with Crippen LogP contribution in [0.2, 0.25) is 0 Å². The number of thiazole rings is 1. The van der Waals surface area contributed by atoms with Crippen LogP contribution >= 0.6 is 11.3 Å². The van der Waals surface area contributed by atoms with Gasteiger partial charge in [-0.1, -0.05) is 6.92 Å². The van der Waals surface area contributed by atoms with Crippen LogP contribution < -0.4 is 5.32 Å². The van der Waals surface area contributed by atoms with E-state index < -0.39 is 0 Å². The van der Waals surface area contributed by atoms with Gasteiger partial charge in [0, 0.05) is 17.8 Å². The van der Waals surface area contributed by atoms with Crippen molar-refractivity contribution in [3.05, 3.63) is 29.0 Å². The molecule has 0 saturated carbocycles. The SMILES string of the molecule is CCC(CNC)c1csc(-c2ccc(C)o2)n1. The van der Waals surface area contributed by atoms with Crippen molar-refractivity contribution in [2.45, 2.75) is 26.2 Å². The molecule has 1 unspecified atom stereocenters. The molecule has 0 fully saturated rings. The Morgan fingerprint density at radius 1 is 1.47 bits per heavy atom. The molecule has 0 aromatic carbocycles. The van der Waals surface area contributed by atoms with Gasteiger partial charge in [0.05, 0.1) is 5.69 Å². The summed E-state index contributed by atoms with van der Waals surface area (Å²) in [6.45, 7) is 5.11. The zero-order valence-electron chi connectivity index (χ0n) is 10.5. The first-order valence-electron chi connectivity index (χ1n) is 5.91. The van der Waals surface area contributed by atoms with E-state index in [1.807, 2.05) is 26.1 Å². The van der Waals surface area contributed by atoms with E-state index >= 15 is 0 Å². The molecule has 1 N–H and O–H groups in total. The van der Waals surface area contributed by atoms with Crippen molar-refractivity contribution in [2.24, 2.45) is 0 Å². The van der Waals surface area contributed by atoms with Gasteiger partial charge in [-0.15, -0.1) is 11.3 Å². The standard InChI is InChI=1S/C13H18N2OS/c1-4-10(7-14-3)11-8-17-13(15-11)12-6-5-9(2)16-12/h5-6,8,10,14H,4,7H2,1-3H3. The zero-order valence-corrected chi connectivity index (χ0v) is 11.3. The molecule has 2 aromatic rings. The van der Waals surface area contributed by atoms with Crippen molar-refractivity contribution < 1.29 is 4.42 Å². The second-order valence-corrected chi connectivity index (χ2v) is 5.01. The summed E-state index contributed by atoms with van der Waals surface area (Å²) in [5.41, 5.74) is 1.16. The molecule has 92 valence electrons. The highest BCUT2D eigenvalue weighted by Crippen LogP contribution is 2.29. The number of hydrogen-bond acceptors (Lipinski definition) is 4. The molecule has 2 rings (SSSR count). The van der Waals surface area contributed by atoms with Gasteiger partial charge < -0.3 is 9.73 Å². The molecule has 17 heavy (non-hydrogen) atoms. The van der Waals surface area contributed by atoms with Gasteiger partial charge in [-0.2, -0.15) is 0 Å². The molecule has 3 nitrogen and oxygen atoms in total. The van der Waals surface area contributed by atoms with Crippen molar-refractivity contribution in [1.82, 2.24) is 10.3 Å². The second-order valence-electron chi connectivity index (χ2n) is 4.15. The smallest absolute Gasteiger partial charge is 0.162 e. The lowest BCUT2D eigenvalue weighted by Crippen LogP contribution is -2.16. The zero-order chi connectivity index (χ0) is 12.3. The molecule has 2 aromatic heterocycles. The van der Waals surface area contributed by atoms with Crippen LogP contribution in [-0.2, 0) is 0 Å². The van der Waals surface area contributed by atoms with Gasteiger partial charge in [0.1, 0.15) is 5.76 Å². The third kappa shape index (κ3) is 2.76. The van der Waals surface area contributed by atoms with Crippen molar-refractivity contribution in [3.8, 4) is 10.8 Å². The van der Waals surface area contributed by atoms with Gasteiger partial charge in [0.25, 0.3) is 0 Å². The van der Waals surface area contributed by atoms with Crippen molar-refractivity contribution in [3.63, 3.8) is 0 Å². The molecule has 4 heteroatoms. The Kier molecular flexibility index (Phi) is 3.97. The predicted octanol–water partition coefficient (Wildman–Crippen LogP) is 3.42. The number of furan rings is 1. The van der Waals surface area contributed by atoms with E-state index in [4.69, 9.17) is 4.42 Å². The summed E-state index contributed by atoms with van der Waals surface area (Å²) < 4.78 is 5.59. The minimum Gasteiger partial charge on any atom is -0.459 e. The predicted molar refractivity (Wildman–Crippen MR) is 71.5 cm³/mol. The lowest BCUT2D eigenvalue weighted by molar-refractivity contribution is 0.546. The average molecular weight is 250 g/mol. The van der Waals surface area contributed by atoms with Gasteiger partial charge in [-0.05, 0) is 32.5 Å². The molecule has 0 amide bonds. The number of hydrogen-bond donors (Lipinski definition) is 1. The minimum atomic E-state index is 0.487. The lowest BCUT2D eigenvalue weighted by atomic mass is 10.0. The molecule has 0 aliphatic rings. The van der Waals surface area contributed by atoms with Crippen molar-refractivity contribution >= 4 is 11.3 Å². The Balaban J connectivity index is 2.20. The summed E-state index contributed by atoms with van der Waals surface area (Å²) in [4.78, 5) is 4.67. The Morgan fingerprint density at radius 3 is 2.88 bits per heavy atom. The van der Waals surface area contributed by atoms with E-state index in [-0.39, 0.29) is 0 Å². The highest BCUT2D eigenvalue weighted by molar-refractivity contribution is 7.13. The highest BCUT2D eigenvalue weighted by Gasteiger charge is 2.14. The molecular formula is C13H18N2OS. The van der Waals surface area contributed by atoms with Crippen LogP contribution in [0.15, 0.2) is 21.9 Å². The van der Waals surface area contributed by atoms with Crippen molar-refractivity contribution in [1.29, 1.82) is 0 Å².